The molecule has 1 aliphatic rings. The smallest absolute Gasteiger partial charge is 0.339 e. The van der Waals surface area contributed by atoms with Gasteiger partial charge in [-0.15, -0.1) is 0 Å². The summed E-state index contributed by atoms with van der Waals surface area (Å²) in [5.74, 6) is -1.09. The molecule has 1 N–H and O–H groups in total. The predicted octanol–water partition coefficient (Wildman–Crippen LogP) is 1.15. The monoisotopic (exact) mass is 242 g/mol. The highest BCUT2D eigenvalue weighted by atomic mass is 19.1. The number of hydrogen-bond donors (Lipinski definition) is 1. The molecule has 6 heteroatoms. The lowest BCUT2D eigenvalue weighted by molar-refractivity contribution is -0.153. The number of hydrogen-bond acceptors (Lipinski definition) is 5. The lowest BCUT2D eigenvalue weighted by Crippen LogP contribution is -2.16. The summed E-state index contributed by atoms with van der Waals surface area (Å²) in [6.07, 6.45) is -1.66. The fourth-order valence-corrected chi connectivity index (χ4v) is 1.49. The minimum Gasteiger partial charge on any atom is -0.464 e. The molecule has 0 aliphatic carbocycles. The van der Waals surface area contributed by atoms with E-state index in [1.165, 1.54) is 6.07 Å². The number of halogens is 1. The molecule has 0 bridgehead atoms. The summed E-state index contributed by atoms with van der Waals surface area (Å²) in [5, 5.41) is 9.62. The Balaban J connectivity index is 2.29. The molecule has 1 atom stereocenters. The zero-order valence-electron chi connectivity index (χ0n) is 9.10. The lowest BCUT2D eigenvalue weighted by Gasteiger charge is -2.11. The molecule has 5 nitrogen and oxygen atoms in total. The maximum atomic E-state index is 13.6. The first-order valence-corrected chi connectivity index (χ1v) is 5.07. The minimum atomic E-state index is -1.66. The summed E-state index contributed by atoms with van der Waals surface area (Å²) >= 11 is 0. The first kappa shape index (κ1) is 11.7. The molecule has 1 aliphatic heterocycles. The van der Waals surface area contributed by atoms with Crippen molar-refractivity contribution >= 4 is 5.97 Å². The molecule has 0 spiro atoms. The Morgan fingerprint density at radius 1 is 1.53 bits per heavy atom. The highest BCUT2D eigenvalue weighted by Crippen LogP contribution is 2.36. The number of esters is 1. The van der Waals surface area contributed by atoms with Gasteiger partial charge in [-0.25, -0.2) is 9.18 Å². The van der Waals surface area contributed by atoms with Gasteiger partial charge < -0.3 is 19.3 Å². The standard InChI is InChI=1S/C11H11FO5/c1-2-15-11(14)10(13)6-3-8-9(4-7(6)12)17-5-16-8/h3-4,10,13H,2,5H2,1H3. The van der Waals surface area contributed by atoms with Gasteiger partial charge in [0, 0.05) is 11.6 Å². The highest BCUT2D eigenvalue weighted by Gasteiger charge is 2.26. The van der Waals surface area contributed by atoms with E-state index in [0.717, 1.165) is 6.07 Å². The molecule has 92 valence electrons. The topological polar surface area (TPSA) is 65.0 Å². The number of aliphatic hydroxyl groups is 1. The molecule has 1 aromatic carbocycles. The van der Waals surface area contributed by atoms with Gasteiger partial charge in [0.25, 0.3) is 0 Å². The minimum absolute atomic E-state index is 0.00622. The molecule has 17 heavy (non-hydrogen) atoms. The highest BCUT2D eigenvalue weighted by molar-refractivity contribution is 5.76. The number of carbonyl (C=O) groups is 1. The zero-order valence-corrected chi connectivity index (χ0v) is 9.10. The summed E-state index contributed by atoms with van der Waals surface area (Å²) in [7, 11) is 0. The van der Waals surface area contributed by atoms with E-state index in [4.69, 9.17) is 9.47 Å². The summed E-state index contributed by atoms with van der Waals surface area (Å²) in [5.41, 5.74) is -0.187. The van der Waals surface area contributed by atoms with E-state index in [1.807, 2.05) is 0 Å². The van der Waals surface area contributed by atoms with E-state index in [1.54, 1.807) is 6.92 Å². The van der Waals surface area contributed by atoms with E-state index in [2.05, 4.69) is 4.74 Å². The zero-order chi connectivity index (χ0) is 12.4. The van der Waals surface area contributed by atoms with Crippen LogP contribution in [0.25, 0.3) is 0 Å². The van der Waals surface area contributed by atoms with E-state index in [-0.39, 0.29) is 24.7 Å². The Labute approximate surface area is 96.7 Å². The largest absolute Gasteiger partial charge is 0.464 e. The average Bonchev–Trinajstić information content (AvgIpc) is 2.74. The van der Waals surface area contributed by atoms with Crippen LogP contribution in [0.5, 0.6) is 11.5 Å². The molecule has 0 fully saturated rings. The van der Waals surface area contributed by atoms with E-state index in [0.29, 0.717) is 5.75 Å². The number of fused-ring (bicyclic) bond motifs is 1. The van der Waals surface area contributed by atoms with Crippen LogP contribution in [0.3, 0.4) is 0 Å². The van der Waals surface area contributed by atoms with Crippen LogP contribution in [0.2, 0.25) is 0 Å². The molecular formula is C11H11FO5. The molecule has 0 aromatic heterocycles. The maximum absolute atomic E-state index is 13.6. The first-order chi connectivity index (χ1) is 8.13. The van der Waals surface area contributed by atoms with Crippen molar-refractivity contribution < 1.29 is 28.5 Å². The van der Waals surface area contributed by atoms with Crippen LogP contribution >= 0.6 is 0 Å². The fraction of sp³-hybridized carbons (Fsp3) is 0.364. The summed E-state index contributed by atoms with van der Waals surface area (Å²) in [6.45, 7) is 1.70. The van der Waals surface area contributed by atoms with Crippen molar-refractivity contribution in [2.75, 3.05) is 13.4 Å². The molecule has 1 aromatic rings. The van der Waals surface area contributed by atoms with E-state index in [9.17, 15) is 14.3 Å². The number of aliphatic hydroxyl groups excluding tert-OH is 1. The number of benzene rings is 1. The Morgan fingerprint density at radius 2 is 2.18 bits per heavy atom. The number of ether oxygens (including phenoxy) is 3. The van der Waals surface area contributed by atoms with Crippen molar-refractivity contribution in [3.05, 3.63) is 23.5 Å². The van der Waals surface area contributed by atoms with Crippen molar-refractivity contribution in [3.63, 3.8) is 0 Å². The van der Waals surface area contributed by atoms with Crippen molar-refractivity contribution in [2.24, 2.45) is 0 Å². The Bertz CT molecular complexity index is 446. The Kier molecular flexibility index (Phi) is 3.14. The third-order valence-electron chi connectivity index (χ3n) is 2.30. The van der Waals surface area contributed by atoms with Crippen LogP contribution in [-0.2, 0) is 9.53 Å². The SMILES string of the molecule is CCOC(=O)C(O)c1cc2c(cc1F)OCO2. The quantitative estimate of drug-likeness (QED) is 0.805. The summed E-state index contributed by atoms with van der Waals surface area (Å²) in [4.78, 5) is 11.3. The van der Waals surface area contributed by atoms with Crippen molar-refractivity contribution in [1.82, 2.24) is 0 Å². The molecule has 0 saturated carbocycles. The lowest BCUT2D eigenvalue weighted by atomic mass is 10.1. The second-order valence-electron chi connectivity index (χ2n) is 3.38. The molecule has 1 unspecified atom stereocenters. The van der Waals surface area contributed by atoms with Gasteiger partial charge in [-0.2, -0.15) is 0 Å². The van der Waals surface area contributed by atoms with Crippen LogP contribution < -0.4 is 9.47 Å². The van der Waals surface area contributed by atoms with Gasteiger partial charge in [0.15, 0.2) is 17.6 Å². The van der Waals surface area contributed by atoms with Crippen LogP contribution in [0.15, 0.2) is 12.1 Å². The van der Waals surface area contributed by atoms with Crippen LogP contribution in [0.4, 0.5) is 4.39 Å². The number of rotatable bonds is 3. The number of carbonyl (C=O) groups excluding carboxylic acids is 1. The average molecular weight is 242 g/mol. The van der Waals surface area contributed by atoms with Crippen molar-refractivity contribution in [2.45, 2.75) is 13.0 Å². The van der Waals surface area contributed by atoms with Crippen molar-refractivity contribution in [3.8, 4) is 11.5 Å². The fourth-order valence-electron chi connectivity index (χ4n) is 1.49. The molecule has 2 rings (SSSR count). The van der Waals surface area contributed by atoms with Gasteiger partial charge in [0.2, 0.25) is 6.79 Å². The van der Waals surface area contributed by atoms with Crippen LogP contribution in [-0.4, -0.2) is 24.5 Å². The molecule has 0 amide bonds. The van der Waals surface area contributed by atoms with Crippen molar-refractivity contribution in [1.29, 1.82) is 0 Å². The van der Waals surface area contributed by atoms with Gasteiger partial charge in [-0.05, 0) is 13.0 Å². The molecule has 0 saturated heterocycles. The normalized spacial score (nSPS) is 14.5. The van der Waals surface area contributed by atoms with E-state index >= 15 is 0 Å². The Morgan fingerprint density at radius 3 is 2.82 bits per heavy atom. The van der Waals surface area contributed by atoms with Gasteiger partial charge in [-0.3, -0.25) is 0 Å². The Hall–Kier alpha value is -1.82. The van der Waals surface area contributed by atoms with Crippen LogP contribution in [0.1, 0.15) is 18.6 Å². The third kappa shape index (κ3) is 2.16. The van der Waals surface area contributed by atoms with Gasteiger partial charge in [0.05, 0.1) is 6.61 Å². The van der Waals surface area contributed by atoms with Gasteiger partial charge >= 0.3 is 5.97 Å². The molecule has 1 heterocycles. The predicted molar refractivity (Wildman–Crippen MR) is 54.1 cm³/mol. The first-order valence-electron chi connectivity index (χ1n) is 5.07. The van der Waals surface area contributed by atoms with E-state index < -0.39 is 17.9 Å². The summed E-state index contributed by atoms with van der Waals surface area (Å²) < 4.78 is 28.2. The molecule has 0 radical (unpaired) electrons. The summed E-state index contributed by atoms with van der Waals surface area (Å²) in [6, 6.07) is 2.30. The second-order valence-corrected chi connectivity index (χ2v) is 3.38. The third-order valence-corrected chi connectivity index (χ3v) is 2.30. The van der Waals surface area contributed by atoms with Gasteiger partial charge in [0.1, 0.15) is 5.82 Å². The van der Waals surface area contributed by atoms with Crippen LogP contribution in [0, 0.1) is 5.82 Å². The van der Waals surface area contributed by atoms with Gasteiger partial charge in [-0.1, -0.05) is 0 Å². The maximum Gasteiger partial charge on any atom is 0.339 e. The second kappa shape index (κ2) is 4.58. The molecular weight excluding hydrogens is 231 g/mol.